The molecule has 1 aliphatic carbocycles. The number of aromatic nitrogens is 2. The first-order valence-corrected chi connectivity index (χ1v) is 6.96. The summed E-state index contributed by atoms with van der Waals surface area (Å²) < 4.78 is 5.86. The molecule has 0 bridgehead atoms. The van der Waals surface area contributed by atoms with Gasteiger partial charge in [-0.2, -0.15) is 0 Å². The van der Waals surface area contributed by atoms with Gasteiger partial charge in [0.05, 0.1) is 6.61 Å². The smallest absolute Gasteiger partial charge is 0.222 e. The Balaban J connectivity index is 1.51. The minimum atomic E-state index is 0.240. The third kappa shape index (κ3) is 3.26. The van der Waals surface area contributed by atoms with Crippen LogP contribution in [0.2, 0.25) is 0 Å². The molecule has 4 nitrogen and oxygen atoms in total. The van der Waals surface area contributed by atoms with Crippen molar-refractivity contribution in [3.63, 3.8) is 0 Å². The maximum atomic E-state index is 5.86. The molecule has 1 fully saturated rings. The molecule has 1 aromatic heterocycles. The Hall–Kier alpha value is -2.10. The fourth-order valence-corrected chi connectivity index (χ4v) is 2.05. The topological polar surface area (TPSA) is 47.0 Å². The van der Waals surface area contributed by atoms with Gasteiger partial charge in [0.15, 0.2) is 0 Å². The van der Waals surface area contributed by atoms with Crippen molar-refractivity contribution in [1.29, 1.82) is 0 Å². The highest BCUT2D eigenvalue weighted by molar-refractivity contribution is 5.26. The minimum absolute atomic E-state index is 0.240. The summed E-state index contributed by atoms with van der Waals surface area (Å²) in [5.41, 5.74) is 1.31. The quantitative estimate of drug-likeness (QED) is 0.875. The zero-order valence-electron chi connectivity index (χ0n) is 11.7. The summed E-state index contributed by atoms with van der Waals surface area (Å²) in [7, 11) is 0. The molecule has 4 heteroatoms. The van der Waals surface area contributed by atoms with Crippen molar-refractivity contribution in [2.75, 3.05) is 18.5 Å². The normalized spacial score (nSPS) is 15.7. The van der Waals surface area contributed by atoms with E-state index in [9.17, 15) is 0 Å². The third-order valence-corrected chi connectivity index (χ3v) is 3.65. The number of rotatable bonds is 6. The van der Waals surface area contributed by atoms with Crippen LogP contribution < -0.4 is 10.1 Å². The molecule has 3 rings (SSSR count). The molecule has 1 aliphatic rings. The molecule has 1 N–H and O–H groups in total. The standard InChI is InChI=1S/C16H19N3O/c1-13-9-17-15(18-10-13)19-11-16(7-8-16)12-20-14-5-3-2-4-6-14/h2-6,9-10H,7-8,11-12H2,1H3,(H,17,18,19). The van der Waals surface area contributed by atoms with Crippen molar-refractivity contribution in [2.45, 2.75) is 19.8 Å². The minimum Gasteiger partial charge on any atom is -0.493 e. The lowest BCUT2D eigenvalue weighted by Gasteiger charge is -2.17. The van der Waals surface area contributed by atoms with Gasteiger partial charge in [0.2, 0.25) is 5.95 Å². The molecule has 0 saturated heterocycles. The van der Waals surface area contributed by atoms with Gasteiger partial charge in [0.25, 0.3) is 0 Å². The van der Waals surface area contributed by atoms with E-state index in [1.54, 1.807) is 0 Å². The second-order valence-electron chi connectivity index (χ2n) is 5.54. The fraction of sp³-hybridized carbons (Fsp3) is 0.375. The van der Waals surface area contributed by atoms with E-state index in [4.69, 9.17) is 4.74 Å². The Morgan fingerprint density at radius 3 is 2.50 bits per heavy atom. The lowest BCUT2D eigenvalue weighted by Crippen LogP contribution is -2.23. The van der Waals surface area contributed by atoms with Gasteiger partial charge in [-0.1, -0.05) is 18.2 Å². The molecule has 0 radical (unpaired) electrons. The van der Waals surface area contributed by atoms with Gasteiger partial charge in [-0.15, -0.1) is 0 Å². The van der Waals surface area contributed by atoms with Crippen LogP contribution in [-0.4, -0.2) is 23.1 Å². The first kappa shape index (κ1) is 12.9. The van der Waals surface area contributed by atoms with E-state index in [0.29, 0.717) is 5.95 Å². The van der Waals surface area contributed by atoms with Crippen molar-refractivity contribution in [3.8, 4) is 5.75 Å². The largest absolute Gasteiger partial charge is 0.493 e. The molecule has 0 aliphatic heterocycles. The lowest BCUT2D eigenvalue weighted by atomic mass is 10.1. The Labute approximate surface area is 119 Å². The summed E-state index contributed by atoms with van der Waals surface area (Å²) >= 11 is 0. The summed E-state index contributed by atoms with van der Waals surface area (Å²) in [4.78, 5) is 8.53. The number of para-hydroxylation sites is 1. The van der Waals surface area contributed by atoms with Crippen LogP contribution >= 0.6 is 0 Å². The van der Waals surface area contributed by atoms with Crippen molar-refractivity contribution < 1.29 is 4.74 Å². The molecule has 0 unspecified atom stereocenters. The second-order valence-corrected chi connectivity index (χ2v) is 5.54. The number of hydrogen-bond acceptors (Lipinski definition) is 4. The van der Waals surface area contributed by atoms with Gasteiger partial charge in [0, 0.05) is 24.4 Å². The van der Waals surface area contributed by atoms with E-state index in [-0.39, 0.29) is 5.41 Å². The van der Waals surface area contributed by atoms with Gasteiger partial charge in [-0.05, 0) is 37.5 Å². The lowest BCUT2D eigenvalue weighted by molar-refractivity contribution is 0.242. The highest BCUT2D eigenvalue weighted by Crippen LogP contribution is 2.45. The monoisotopic (exact) mass is 269 g/mol. The predicted octanol–water partition coefficient (Wildman–Crippen LogP) is 3.06. The van der Waals surface area contributed by atoms with E-state index in [2.05, 4.69) is 15.3 Å². The maximum absolute atomic E-state index is 5.86. The Morgan fingerprint density at radius 2 is 1.85 bits per heavy atom. The summed E-state index contributed by atoms with van der Waals surface area (Å²) in [6, 6.07) is 9.97. The number of anilines is 1. The number of hydrogen-bond donors (Lipinski definition) is 1. The molecule has 1 heterocycles. The summed E-state index contributed by atoms with van der Waals surface area (Å²) in [6.45, 7) is 3.60. The number of benzene rings is 1. The van der Waals surface area contributed by atoms with E-state index < -0.39 is 0 Å². The average molecular weight is 269 g/mol. The fourth-order valence-electron chi connectivity index (χ4n) is 2.05. The van der Waals surface area contributed by atoms with Gasteiger partial charge >= 0.3 is 0 Å². The molecular formula is C16H19N3O. The summed E-state index contributed by atoms with van der Waals surface area (Å²) in [5, 5.41) is 3.31. The van der Waals surface area contributed by atoms with Crippen molar-refractivity contribution in [3.05, 3.63) is 48.3 Å². The third-order valence-electron chi connectivity index (χ3n) is 3.65. The van der Waals surface area contributed by atoms with Gasteiger partial charge in [0.1, 0.15) is 5.75 Å². The zero-order chi connectivity index (χ0) is 13.8. The molecule has 0 atom stereocenters. The van der Waals surface area contributed by atoms with Crippen molar-refractivity contribution in [2.24, 2.45) is 5.41 Å². The molecule has 104 valence electrons. The SMILES string of the molecule is Cc1cnc(NCC2(COc3ccccc3)CC2)nc1. The first-order chi connectivity index (χ1) is 9.76. The Morgan fingerprint density at radius 1 is 1.15 bits per heavy atom. The van der Waals surface area contributed by atoms with Crippen LogP contribution in [0.3, 0.4) is 0 Å². The van der Waals surface area contributed by atoms with Gasteiger partial charge in [-0.25, -0.2) is 9.97 Å². The molecule has 2 aromatic rings. The average Bonchev–Trinajstić information content (AvgIpc) is 3.26. The number of ether oxygens (including phenoxy) is 1. The first-order valence-electron chi connectivity index (χ1n) is 6.96. The molecule has 20 heavy (non-hydrogen) atoms. The van der Waals surface area contributed by atoms with E-state index in [1.807, 2.05) is 49.6 Å². The van der Waals surface area contributed by atoms with Crippen LogP contribution in [0.5, 0.6) is 5.75 Å². The predicted molar refractivity (Wildman–Crippen MR) is 78.9 cm³/mol. The van der Waals surface area contributed by atoms with Crippen molar-refractivity contribution in [1.82, 2.24) is 9.97 Å². The Kier molecular flexibility index (Phi) is 3.54. The molecule has 0 spiro atoms. The number of aryl methyl sites for hydroxylation is 1. The summed E-state index contributed by atoms with van der Waals surface area (Å²) in [6.07, 6.45) is 6.04. The van der Waals surface area contributed by atoms with Crippen LogP contribution in [0.15, 0.2) is 42.7 Å². The van der Waals surface area contributed by atoms with Gasteiger partial charge < -0.3 is 10.1 Å². The second kappa shape index (κ2) is 5.49. The highest BCUT2D eigenvalue weighted by atomic mass is 16.5. The van der Waals surface area contributed by atoms with E-state index in [1.165, 1.54) is 12.8 Å². The highest BCUT2D eigenvalue weighted by Gasteiger charge is 2.43. The summed E-state index contributed by atoms with van der Waals surface area (Å²) in [5.74, 6) is 1.63. The number of nitrogens with zero attached hydrogens (tertiary/aromatic N) is 2. The van der Waals surface area contributed by atoms with Crippen LogP contribution in [0.4, 0.5) is 5.95 Å². The van der Waals surface area contributed by atoms with E-state index in [0.717, 1.165) is 24.5 Å². The molecule has 1 aromatic carbocycles. The van der Waals surface area contributed by atoms with Crippen LogP contribution in [0.1, 0.15) is 18.4 Å². The zero-order valence-corrected chi connectivity index (χ0v) is 11.7. The van der Waals surface area contributed by atoms with E-state index >= 15 is 0 Å². The van der Waals surface area contributed by atoms with Crippen LogP contribution in [-0.2, 0) is 0 Å². The van der Waals surface area contributed by atoms with Crippen molar-refractivity contribution >= 4 is 5.95 Å². The maximum Gasteiger partial charge on any atom is 0.222 e. The van der Waals surface area contributed by atoms with Crippen LogP contribution in [0, 0.1) is 12.3 Å². The number of nitrogens with one attached hydrogen (secondary N) is 1. The molecule has 1 saturated carbocycles. The van der Waals surface area contributed by atoms with Gasteiger partial charge in [-0.3, -0.25) is 0 Å². The molecular weight excluding hydrogens is 250 g/mol. The molecule has 0 amide bonds. The Bertz CT molecular complexity index is 550. The van der Waals surface area contributed by atoms with Crippen LogP contribution in [0.25, 0.3) is 0 Å².